The molecule has 0 bridgehead atoms. The summed E-state index contributed by atoms with van der Waals surface area (Å²) in [5, 5.41) is 2.26. The first-order valence-electron chi connectivity index (χ1n) is 9.15. The first-order valence-corrected chi connectivity index (χ1v) is 9.15. The molecule has 0 amide bonds. The highest BCUT2D eigenvalue weighted by molar-refractivity contribution is 6.10. The number of hydrogen-bond acceptors (Lipinski definition) is 2. The smallest absolute Gasteiger partial charge is 0.0974 e. The zero-order chi connectivity index (χ0) is 19.0. The first-order chi connectivity index (χ1) is 13.1. The van der Waals surface area contributed by atoms with Crippen molar-refractivity contribution in [3.63, 3.8) is 0 Å². The van der Waals surface area contributed by atoms with Gasteiger partial charge in [-0.3, -0.25) is 9.97 Å². The van der Waals surface area contributed by atoms with Gasteiger partial charge in [0.15, 0.2) is 0 Å². The highest BCUT2D eigenvalue weighted by atomic mass is 14.8. The molecule has 0 aliphatic rings. The lowest BCUT2D eigenvalue weighted by Gasteiger charge is -2.13. The van der Waals surface area contributed by atoms with Gasteiger partial charge >= 0.3 is 0 Å². The molecule has 0 fully saturated rings. The molecule has 0 unspecified atom stereocenters. The van der Waals surface area contributed by atoms with Gasteiger partial charge in [-0.1, -0.05) is 61.2 Å². The van der Waals surface area contributed by atoms with Crippen LogP contribution in [-0.2, 0) is 0 Å². The normalized spacial score (nSPS) is 11.9. The van der Waals surface area contributed by atoms with Gasteiger partial charge in [0, 0.05) is 22.2 Å². The van der Waals surface area contributed by atoms with Crippen molar-refractivity contribution in [2.75, 3.05) is 0 Å². The van der Waals surface area contributed by atoms with Crippen LogP contribution in [0.4, 0.5) is 0 Å². The molecule has 0 N–H and O–H groups in total. The largest absolute Gasteiger partial charge is 0.251 e. The molecule has 2 heterocycles. The van der Waals surface area contributed by atoms with E-state index in [1.54, 1.807) is 0 Å². The quantitative estimate of drug-likeness (QED) is 0.305. The van der Waals surface area contributed by atoms with Gasteiger partial charge in [-0.15, -0.1) is 0 Å². The molecule has 0 aliphatic heterocycles. The number of aryl methyl sites for hydroxylation is 2. The SMILES string of the molecule is C=CC=C(C)c1cc(C)nc2c1ccc1c(-c3ccccc3)cc(C)nc12. The van der Waals surface area contributed by atoms with Crippen LogP contribution in [0.5, 0.6) is 0 Å². The van der Waals surface area contributed by atoms with Gasteiger partial charge in [0.25, 0.3) is 0 Å². The summed E-state index contributed by atoms with van der Waals surface area (Å²) in [6, 6.07) is 19.1. The molecule has 2 heteroatoms. The molecule has 2 nitrogen and oxygen atoms in total. The van der Waals surface area contributed by atoms with E-state index in [0.29, 0.717) is 0 Å². The van der Waals surface area contributed by atoms with E-state index in [-0.39, 0.29) is 0 Å². The van der Waals surface area contributed by atoms with Crippen molar-refractivity contribution < 1.29 is 0 Å². The minimum absolute atomic E-state index is 0.959. The van der Waals surface area contributed by atoms with Crippen LogP contribution in [0.15, 0.2) is 73.3 Å². The Kier molecular flexibility index (Phi) is 4.33. The Hall–Kier alpha value is -3.26. The predicted molar refractivity (Wildman–Crippen MR) is 116 cm³/mol. The van der Waals surface area contributed by atoms with E-state index in [1.807, 2.05) is 32.1 Å². The number of hydrogen-bond donors (Lipinski definition) is 0. The molecule has 0 spiro atoms. The van der Waals surface area contributed by atoms with Crippen molar-refractivity contribution in [2.45, 2.75) is 20.8 Å². The van der Waals surface area contributed by atoms with Gasteiger partial charge in [0.2, 0.25) is 0 Å². The van der Waals surface area contributed by atoms with E-state index in [2.05, 4.69) is 62.0 Å². The summed E-state index contributed by atoms with van der Waals surface area (Å²) in [5.74, 6) is 0. The Morgan fingerprint density at radius 1 is 0.852 bits per heavy atom. The molecule has 4 aromatic rings. The van der Waals surface area contributed by atoms with Crippen molar-refractivity contribution in [3.05, 3.63) is 90.3 Å². The maximum absolute atomic E-state index is 4.88. The summed E-state index contributed by atoms with van der Waals surface area (Å²) in [6.45, 7) is 10.0. The third-order valence-electron chi connectivity index (χ3n) is 4.89. The second kappa shape index (κ2) is 6.81. The van der Waals surface area contributed by atoms with Crippen molar-refractivity contribution in [1.82, 2.24) is 9.97 Å². The monoisotopic (exact) mass is 350 g/mol. The van der Waals surface area contributed by atoms with E-state index < -0.39 is 0 Å². The van der Waals surface area contributed by atoms with Crippen LogP contribution < -0.4 is 0 Å². The predicted octanol–water partition coefficient (Wildman–Crippen LogP) is 6.66. The van der Waals surface area contributed by atoms with E-state index in [1.165, 1.54) is 22.3 Å². The zero-order valence-corrected chi connectivity index (χ0v) is 16.0. The van der Waals surface area contributed by atoms with Crippen molar-refractivity contribution >= 4 is 27.4 Å². The molecule has 0 radical (unpaired) electrons. The van der Waals surface area contributed by atoms with E-state index >= 15 is 0 Å². The number of aromatic nitrogens is 2. The molecule has 27 heavy (non-hydrogen) atoms. The molecule has 132 valence electrons. The molecular formula is C25H22N2. The van der Waals surface area contributed by atoms with Crippen molar-refractivity contribution in [3.8, 4) is 11.1 Å². The molecule has 0 aliphatic carbocycles. The fourth-order valence-corrected chi connectivity index (χ4v) is 3.68. The maximum atomic E-state index is 4.88. The standard InChI is InChI=1S/C25H22N2/c1-5-9-16(2)22-14-17(3)26-24-20(22)12-13-21-23(15-18(4)27-25(21)24)19-10-7-6-8-11-19/h5-15H,1H2,2-4H3. The third-order valence-corrected chi connectivity index (χ3v) is 4.89. The topological polar surface area (TPSA) is 25.8 Å². The average molecular weight is 350 g/mol. The fraction of sp³-hybridized carbons (Fsp3) is 0.120. The Bertz CT molecular complexity index is 1200. The summed E-state index contributed by atoms with van der Waals surface area (Å²) in [7, 11) is 0. The van der Waals surface area contributed by atoms with E-state index in [9.17, 15) is 0 Å². The molecule has 0 saturated carbocycles. The molecule has 4 rings (SSSR count). The number of benzene rings is 2. The Labute approximate surface area is 159 Å². The Balaban J connectivity index is 2.12. The summed E-state index contributed by atoms with van der Waals surface area (Å²) in [4.78, 5) is 9.74. The highest BCUT2D eigenvalue weighted by Gasteiger charge is 2.13. The number of allylic oxidation sites excluding steroid dienone is 3. The second-order valence-electron chi connectivity index (χ2n) is 6.93. The molecule has 0 atom stereocenters. The lowest BCUT2D eigenvalue weighted by molar-refractivity contribution is 1.22. The van der Waals surface area contributed by atoms with Gasteiger partial charge in [-0.2, -0.15) is 0 Å². The van der Waals surface area contributed by atoms with Crippen LogP contribution in [0.2, 0.25) is 0 Å². The van der Waals surface area contributed by atoms with Gasteiger partial charge in [-0.25, -0.2) is 0 Å². The second-order valence-corrected chi connectivity index (χ2v) is 6.93. The highest BCUT2D eigenvalue weighted by Crippen LogP contribution is 2.34. The van der Waals surface area contributed by atoms with Crippen LogP contribution in [0.25, 0.3) is 38.5 Å². The van der Waals surface area contributed by atoms with Crippen LogP contribution in [0.1, 0.15) is 23.9 Å². The van der Waals surface area contributed by atoms with Gasteiger partial charge in [0.1, 0.15) is 0 Å². The Morgan fingerprint density at radius 2 is 1.48 bits per heavy atom. The van der Waals surface area contributed by atoms with Gasteiger partial charge in [0.05, 0.1) is 11.0 Å². The minimum atomic E-state index is 0.959. The summed E-state index contributed by atoms with van der Waals surface area (Å²) >= 11 is 0. The lowest BCUT2D eigenvalue weighted by atomic mass is 9.95. The van der Waals surface area contributed by atoms with Crippen LogP contribution in [-0.4, -0.2) is 9.97 Å². The average Bonchev–Trinajstić information content (AvgIpc) is 2.67. The zero-order valence-electron chi connectivity index (χ0n) is 16.0. The Morgan fingerprint density at radius 3 is 2.19 bits per heavy atom. The number of pyridine rings is 2. The fourth-order valence-electron chi connectivity index (χ4n) is 3.68. The summed E-state index contributed by atoms with van der Waals surface area (Å²) in [5.41, 5.74) is 8.66. The van der Waals surface area contributed by atoms with E-state index in [0.717, 1.165) is 33.2 Å². The van der Waals surface area contributed by atoms with Crippen molar-refractivity contribution in [2.24, 2.45) is 0 Å². The van der Waals surface area contributed by atoms with Crippen LogP contribution >= 0.6 is 0 Å². The maximum Gasteiger partial charge on any atom is 0.0974 e. The van der Waals surface area contributed by atoms with Crippen LogP contribution in [0.3, 0.4) is 0 Å². The molecule has 2 aromatic heterocycles. The van der Waals surface area contributed by atoms with Crippen molar-refractivity contribution in [1.29, 1.82) is 0 Å². The molecule has 0 saturated heterocycles. The van der Waals surface area contributed by atoms with Gasteiger partial charge < -0.3 is 0 Å². The minimum Gasteiger partial charge on any atom is -0.251 e. The molecular weight excluding hydrogens is 328 g/mol. The van der Waals surface area contributed by atoms with Gasteiger partial charge in [-0.05, 0) is 55.2 Å². The molecule has 2 aromatic carbocycles. The number of nitrogens with zero attached hydrogens (tertiary/aromatic N) is 2. The number of fused-ring (bicyclic) bond motifs is 3. The summed E-state index contributed by atoms with van der Waals surface area (Å²) < 4.78 is 0. The number of rotatable bonds is 3. The third kappa shape index (κ3) is 3.04. The van der Waals surface area contributed by atoms with E-state index in [4.69, 9.17) is 9.97 Å². The first kappa shape index (κ1) is 17.2. The van der Waals surface area contributed by atoms with Crippen LogP contribution in [0, 0.1) is 13.8 Å². The summed E-state index contributed by atoms with van der Waals surface area (Å²) in [6.07, 6.45) is 3.87. The lowest BCUT2D eigenvalue weighted by Crippen LogP contribution is -1.95.